The largest absolute Gasteiger partial charge is 0.444 e. The topological polar surface area (TPSA) is 146 Å². The Morgan fingerprint density at radius 3 is 2.51 bits per heavy atom. The van der Waals surface area contributed by atoms with Crippen LogP contribution in [0.5, 0.6) is 0 Å². The molecule has 2 amide bonds. The Balaban J connectivity index is 1.34. The minimum atomic E-state index is -0.575. The normalized spacial score (nSPS) is 19.4. The molecule has 3 unspecified atom stereocenters. The highest BCUT2D eigenvalue weighted by Crippen LogP contribution is 2.40. The van der Waals surface area contributed by atoms with Gasteiger partial charge < -0.3 is 26.0 Å². The van der Waals surface area contributed by atoms with Crippen molar-refractivity contribution in [2.75, 3.05) is 22.9 Å². The zero-order valence-corrected chi connectivity index (χ0v) is 25.7. The lowest BCUT2D eigenvalue weighted by molar-refractivity contribution is 0.0179. The Morgan fingerprint density at radius 1 is 1.09 bits per heavy atom. The minimum absolute atomic E-state index is 0.0525. The first-order chi connectivity index (χ1) is 20.3. The molecule has 1 saturated heterocycles. The predicted octanol–water partition coefficient (Wildman–Crippen LogP) is 5.97. The van der Waals surface area contributed by atoms with Gasteiger partial charge in [-0.05, 0) is 87.8 Å². The summed E-state index contributed by atoms with van der Waals surface area (Å²) in [5.41, 5.74) is 10.2. The number of nitrogens with one attached hydrogen (secondary N) is 3. The summed E-state index contributed by atoms with van der Waals surface area (Å²) in [6.45, 7) is 12.6. The third-order valence-electron chi connectivity index (χ3n) is 8.12. The number of hydrogen-bond acceptors (Lipinski definition) is 8. The van der Waals surface area contributed by atoms with E-state index >= 15 is 0 Å². The van der Waals surface area contributed by atoms with E-state index in [2.05, 4.69) is 34.4 Å². The fourth-order valence-corrected chi connectivity index (χ4v) is 6.21. The van der Waals surface area contributed by atoms with Gasteiger partial charge in [-0.25, -0.2) is 14.8 Å². The van der Waals surface area contributed by atoms with Crippen molar-refractivity contribution in [1.29, 1.82) is 5.41 Å². The number of anilines is 3. The molecule has 2 aromatic carbocycles. The average molecular weight is 584 g/mol. The number of carbonyl (C=O) groups is 2. The molecule has 3 atom stereocenters. The first-order valence-electron chi connectivity index (χ1n) is 14.8. The van der Waals surface area contributed by atoms with Crippen LogP contribution in [0.3, 0.4) is 0 Å². The molecule has 43 heavy (non-hydrogen) atoms. The lowest BCUT2D eigenvalue weighted by Crippen LogP contribution is -2.49. The Bertz CT molecular complexity index is 1560. The molecule has 2 bridgehead atoms. The van der Waals surface area contributed by atoms with E-state index in [0.29, 0.717) is 46.6 Å². The second kappa shape index (κ2) is 11.7. The maximum atomic E-state index is 13.2. The fraction of sp³-hybridized carbons (Fsp3) is 0.424. The number of likely N-dealkylation sites (tertiary alicyclic amines) is 1. The van der Waals surface area contributed by atoms with Crippen molar-refractivity contribution in [2.24, 2.45) is 5.92 Å². The van der Waals surface area contributed by atoms with Crippen LogP contribution in [0.15, 0.2) is 48.8 Å². The third-order valence-corrected chi connectivity index (χ3v) is 8.12. The van der Waals surface area contributed by atoms with E-state index in [1.54, 1.807) is 29.2 Å². The monoisotopic (exact) mass is 583 g/mol. The summed E-state index contributed by atoms with van der Waals surface area (Å²) >= 11 is 0. The fourth-order valence-electron chi connectivity index (χ4n) is 6.21. The van der Waals surface area contributed by atoms with Crippen LogP contribution in [0.4, 0.5) is 22.1 Å². The molecular weight excluding hydrogens is 542 g/mol. The van der Waals surface area contributed by atoms with Crippen molar-refractivity contribution in [3.05, 3.63) is 76.6 Å². The van der Waals surface area contributed by atoms with Gasteiger partial charge in [-0.2, -0.15) is 0 Å². The highest BCUT2D eigenvalue weighted by Gasteiger charge is 2.48. The predicted molar refractivity (Wildman–Crippen MR) is 169 cm³/mol. The van der Waals surface area contributed by atoms with E-state index in [9.17, 15) is 9.59 Å². The van der Waals surface area contributed by atoms with Crippen molar-refractivity contribution < 1.29 is 14.3 Å². The molecule has 2 fully saturated rings. The van der Waals surface area contributed by atoms with Crippen molar-refractivity contribution in [3.8, 4) is 0 Å². The van der Waals surface area contributed by atoms with Gasteiger partial charge in [-0.15, -0.1) is 0 Å². The lowest BCUT2D eigenvalue weighted by Gasteiger charge is -2.35. The molecule has 2 heterocycles. The summed E-state index contributed by atoms with van der Waals surface area (Å²) in [5.74, 6) is 1.07. The van der Waals surface area contributed by atoms with E-state index in [0.717, 1.165) is 18.4 Å². The molecule has 1 aliphatic carbocycles. The molecule has 226 valence electrons. The van der Waals surface area contributed by atoms with Gasteiger partial charge in [0.25, 0.3) is 5.91 Å². The number of hydrogen-bond donors (Lipinski definition) is 4. The van der Waals surface area contributed by atoms with E-state index in [4.69, 9.17) is 15.9 Å². The standard InChI is InChI=1S/C33H41N7O3/c1-18(2)24-11-10-23(12-19(24)3)38-31(41)22-9-7-8-21(15-22)28(34)27-29(35)36-17-37-30(27)39-25-13-20-14-26(25)40(16-20)32(42)43-33(4,5)6/h7-12,15,17-18,20,25-26,34H,13-14,16H2,1-6H3,(H,38,41)(H3,35,36,37,39). The number of fused-ring (bicyclic) bond motifs is 2. The molecule has 0 radical (unpaired) electrons. The van der Waals surface area contributed by atoms with E-state index in [-0.39, 0.29) is 35.6 Å². The van der Waals surface area contributed by atoms with Gasteiger partial charge in [0.2, 0.25) is 0 Å². The Kier molecular flexibility index (Phi) is 8.14. The van der Waals surface area contributed by atoms with Crippen LogP contribution in [0.25, 0.3) is 0 Å². The van der Waals surface area contributed by atoms with E-state index < -0.39 is 5.60 Å². The number of benzene rings is 2. The number of aromatic nitrogens is 2. The second-order valence-electron chi connectivity index (χ2n) is 12.9. The van der Waals surface area contributed by atoms with Crippen LogP contribution in [0, 0.1) is 18.3 Å². The van der Waals surface area contributed by atoms with E-state index in [1.165, 1.54) is 11.9 Å². The SMILES string of the molecule is Cc1cc(NC(=O)c2cccc(C(=N)c3c(N)ncnc3NC3CC4CC3N(C(=O)OC(C)(C)C)C4)c2)ccc1C(C)C. The number of nitrogens with two attached hydrogens (primary N) is 1. The highest BCUT2D eigenvalue weighted by molar-refractivity contribution is 6.17. The maximum absolute atomic E-state index is 13.2. The lowest BCUT2D eigenvalue weighted by atomic mass is 9.97. The average Bonchev–Trinajstić information content (AvgIpc) is 3.53. The number of nitrogens with zero attached hydrogens (tertiary/aromatic N) is 3. The summed E-state index contributed by atoms with van der Waals surface area (Å²) in [6, 6.07) is 12.7. The quantitative estimate of drug-likeness (QED) is 0.251. The second-order valence-corrected chi connectivity index (χ2v) is 12.9. The molecule has 1 aromatic heterocycles. The zero-order valence-electron chi connectivity index (χ0n) is 25.7. The van der Waals surface area contributed by atoms with Crippen molar-refractivity contribution in [3.63, 3.8) is 0 Å². The van der Waals surface area contributed by atoms with Crippen molar-refractivity contribution in [2.45, 2.75) is 78.0 Å². The first-order valence-corrected chi connectivity index (χ1v) is 14.8. The van der Waals surface area contributed by atoms with Crippen LogP contribution in [0.1, 0.15) is 86.0 Å². The summed E-state index contributed by atoms with van der Waals surface area (Å²) in [4.78, 5) is 36.5. The van der Waals surface area contributed by atoms with Crippen LogP contribution in [0.2, 0.25) is 0 Å². The molecule has 2 aliphatic rings. The summed E-state index contributed by atoms with van der Waals surface area (Å²) in [5, 5.41) is 15.5. The van der Waals surface area contributed by atoms with Gasteiger partial charge in [0.1, 0.15) is 23.6 Å². The Morgan fingerprint density at radius 2 is 1.84 bits per heavy atom. The van der Waals surface area contributed by atoms with Gasteiger partial charge in [-0.1, -0.05) is 32.0 Å². The summed E-state index contributed by atoms with van der Waals surface area (Å²) in [6.07, 6.45) is 2.79. The van der Waals surface area contributed by atoms with Crippen LogP contribution >= 0.6 is 0 Å². The minimum Gasteiger partial charge on any atom is -0.444 e. The van der Waals surface area contributed by atoms with Crippen LogP contribution in [-0.4, -0.2) is 56.8 Å². The smallest absolute Gasteiger partial charge is 0.410 e. The first kappa shape index (κ1) is 30.0. The Hall–Kier alpha value is -4.47. The third kappa shape index (κ3) is 6.48. The number of amides is 2. The van der Waals surface area contributed by atoms with Crippen LogP contribution in [-0.2, 0) is 4.74 Å². The molecule has 3 aromatic rings. The number of carbonyl (C=O) groups excluding carboxylic acids is 2. The summed E-state index contributed by atoms with van der Waals surface area (Å²) in [7, 11) is 0. The molecular formula is C33H41N7O3. The number of ether oxygens (including phenoxy) is 1. The van der Waals surface area contributed by atoms with Gasteiger partial charge in [0, 0.05) is 29.4 Å². The van der Waals surface area contributed by atoms with Gasteiger partial charge >= 0.3 is 6.09 Å². The molecule has 0 spiro atoms. The number of piperidine rings is 1. The molecule has 10 nitrogen and oxygen atoms in total. The van der Waals surface area contributed by atoms with Crippen molar-refractivity contribution >= 4 is 35.0 Å². The van der Waals surface area contributed by atoms with Crippen molar-refractivity contribution in [1.82, 2.24) is 14.9 Å². The summed E-state index contributed by atoms with van der Waals surface area (Å²) < 4.78 is 5.65. The van der Waals surface area contributed by atoms with Gasteiger partial charge in [-0.3, -0.25) is 10.2 Å². The number of rotatable bonds is 7. The molecule has 5 rings (SSSR count). The highest BCUT2D eigenvalue weighted by atomic mass is 16.6. The number of nitrogen functional groups attached to an aromatic ring is 1. The van der Waals surface area contributed by atoms with Crippen LogP contribution < -0.4 is 16.4 Å². The molecule has 10 heteroatoms. The van der Waals surface area contributed by atoms with Gasteiger partial charge in [0.15, 0.2) is 0 Å². The zero-order chi connectivity index (χ0) is 31.1. The van der Waals surface area contributed by atoms with Gasteiger partial charge in [0.05, 0.1) is 17.3 Å². The molecule has 1 saturated carbocycles. The molecule has 1 aliphatic heterocycles. The Labute approximate surface area is 252 Å². The maximum Gasteiger partial charge on any atom is 0.410 e. The molecule has 5 N–H and O–H groups in total. The number of aryl methyl sites for hydroxylation is 1. The van der Waals surface area contributed by atoms with E-state index in [1.807, 2.05) is 45.9 Å².